The molecule has 1 aromatic carbocycles. The van der Waals surface area contributed by atoms with Crippen LogP contribution in [0.2, 0.25) is 10.0 Å². The Morgan fingerprint density at radius 1 is 1.41 bits per heavy atom. The van der Waals surface area contributed by atoms with Crippen LogP contribution in [-0.4, -0.2) is 35.4 Å². The predicted octanol–water partition coefficient (Wildman–Crippen LogP) is 2.62. The van der Waals surface area contributed by atoms with Gasteiger partial charge in [0.1, 0.15) is 11.4 Å². The van der Waals surface area contributed by atoms with E-state index in [2.05, 4.69) is 32.1 Å². The average Bonchev–Trinajstić information content (AvgIpc) is 3.24. The van der Waals surface area contributed by atoms with E-state index in [1.165, 1.54) is 0 Å². The molecule has 9 heteroatoms. The number of aliphatic imine (C=N–C) groups is 1. The standard InChI is InChI=1S/C18H20Cl2N6O/c1-18(8-21)5-6-26(9-18)17-24-12-7-22-15(13(12)16(27)25-17)23-11-4-2-3-10(19)14(11)20/h2-4H,5-9,21H2,1H3,(H,22,23)(H,24,25,27). The van der Waals surface area contributed by atoms with Crippen LogP contribution < -0.4 is 21.5 Å². The summed E-state index contributed by atoms with van der Waals surface area (Å²) in [7, 11) is 0. The lowest BCUT2D eigenvalue weighted by Crippen LogP contribution is -2.33. The van der Waals surface area contributed by atoms with Gasteiger partial charge in [-0.25, -0.2) is 4.98 Å². The highest BCUT2D eigenvalue weighted by atomic mass is 35.5. The number of hydrogen-bond donors (Lipinski definition) is 3. The Morgan fingerprint density at radius 3 is 2.96 bits per heavy atom. The zero-order chi connectivity index (χ0) is 19.2. The number of fused-ring (bicyclic) bond motifs is 1. The zero-order valence-electron chi connectivity index (χ0n) is 14.9. The molecule has 0 aliphatic carbocycles. The molecule has 2 aromatic rings. The maximum absolute atomic E-state index is 12.7. The van der Waals surface area contributed by atoms with Gasteiger partial charge in [-0.2, -0.15) is 0 Å². The monoisotopic (exact) mass is 406 g/mol. The third-order valence-electron chi connectivity index (χ3n) is 5.16. The minimum Gasteiger partial charge on any atom is -0.342 e. The number of hydrogen-bond acceptors (Lipinski definition) is 6. The lowest BCUT2D eigenvalue weighted by molar-refractivity contribution is 0.383. The van der Waals surface area contributed by atoms with E-state index in [1.807, 2.05) is 0 Å². The summed E-state index contributed by atoms with van der Waals surface area (Å²) in [6.45, 7) is 4.69. The number of anilines is 2. The van der Waals surface area contributed by atoms with E-state index in [-0.39, 0.29) is 11.0 Å². The number of halogens is 2. The van der Waals surface area contributed by atoms with Gasteiger partial charge in [0.15, 0.2) is 0 Å². The maximum Gasteiger partial charge on any atom is 0.263 e. The van der Waals surface area contributed by atoms with Gasteiger partial charge in [0.2, 0.25) is 5.95 Å². The Bertz CT molecular complexity index is 988. The number of benzene rings is 1. The van der Waals surface area contributed by atoms with Crippen molar-refractivity contribution in [3.05, 3.63) is 49.9 Å². The first-order chi connectivity index (χ1) is 12.9. The minimum atomic E-state index is -0.224. The van der Waals surface area contributed by atoms with Crippen LogP contribution in [0, 0.1) is 5.41 Å². The van der Waals surface area contributed by atoms with Crippen molar-refractivity contribution in [3.63, 3.8) is 0 Å². The lowest BCUT2D eigenvalue weighted by atomic mass is 9.90. The fourth-order valence-corrected chi connectivity index (χ4v) is 3.80. The Kier molecular flexibility index (Phi) is 4.61. The molecule has 0 bridgehead atoms. The molecule has 2 aliphatic rings. The largest absolute Gasteiger partial charge is 0.342 e. The lowest BCUT2D eigenvalue weighted by Gasteiger charge is -2.23. The Labute approximate surface area is 166 Å². The second-order valence-corrected chi connectivity index (χ2v) is 8.07. The van der Waals surface area contributed by atoms with Crippen LogP contribution in [0.4, 0.5) is 11.6 Å². The van der Waals surface area contributed by atoms with Crippen molar-refractivity contribution in [2.75, 3.05) is 29.9 Å². The first-order valence-corrected chi connectivity index (χ1v) is 9.50. The molecule has 0 amide bonds. The smallest absolute Gasteiger partial charge is 0.263 e. The molecule has 1 fully saturated rings. The summed E-state index contributed by atoms with van der Waals surface area (Å²) in [5, 5.41) is 3.92. The number of nitrogens with one attached hydrogen (secondary N) is 2. The van der Waals surface area contributed by atoms with Crippen molar-refractivity contribution >= 4 is 40.7 Å². The Balaban J connectivity index is 1.61. The van der Waals surface area contributed by atoms with Crippen LogP contribution in [0.25, 0.3) is 0 Å². The van der Waals surface area contributed by atoms with Gasteiger partial charge < -0.3 is 16.0 Å². The van der Waals surface area contributed by atoms with Gasteiger partial charge in [0.25, 0.3) is 5.56 Å². The molecule has 4 N–H and O–H groups in total. The van der Waals surface area contributed by atoms with Gasteiger partial charge in [0.05, 0.1) is 28.0 Å². The SMILES string of the molecule is CC1(CN)CCN(c2nc3c(c(=O)[nH]2)C(Nc2cccc(Cl)c2Cl)=NC3)C1. The number of rotatable bonds is 3. The molecule has 1 saturated heterocycles. The molecule has 0 spiro atoms. The molecule has 1 unspecified atom stereocenters. The van der Waals surface area contributed by atoms with Gasteiger partial charge in [-0.1, -0.05) is 36.2 Å². The second-order valence-electron chi connectivity index (χ2n) is 7.29. The normalized spacial score (nSPS) is 21.3. The van der Waals surface area contributed by atoms with E-state index < -0.39 is 0 Å². The van der Waals surface area contributed by atoms with Gasteiger partial charge in [-0.05, 0) is 30.5 Å². The molecular formula is C18H20Cl2N6O. The van der Waals surface area contributed by atoms with Gasteiger partial charge in [-0.15, -0.1) is 0 Å². The van der Waals surface area contributed by atoms with Crippen LogP contribution in [0.3, 0.4) is 0 Å². The highest BCUT2D eigenvalue weighted by Crippen LogP contribution is 2.32. The number of amidine groups is 1. The van der Waals surface area contributed by atoms with Gasteiger partial charge in [0, 0.05) is 13.1 Å². The van der Waals surface area contributed by atoms with Crippen molar-refractivity contribution in [1.29, 1.82) is 0 Å². The molecule has 4 rings (SSSR count). The summed E-state index contributed by atoms with van der Waals surface area (Å²) in [4.78, 5) is 26.8. The molecule has 1 aromatic heterocycles. The fourth-order valence-electron chi connectivity index (χ4n) is 3.45. The molecule has 7 nitrogen and oxygen atoms in total. The van der Waals surface area contributed by atoms with Crippen molar-refractivity contribution < 1.29 is 0 Å². The Hall–Kier alpha value is -2.09. The topological polar surface area (TPSA) is 99.4 Å². The van der Waals surface area contributed by atoms with E-state index in [0.717, 1.165) is 19.5 Å². The summed E-state index contributed by atoms with van der Waals surface area (Å²) in [5.41, 5.74) is 7.38. The third kappa shape index (κ3) is 3.31. The summed E-state index contributed by atoms with van der Waals surface area (Å²) >= 11 is 12.3. The van der Waals surface area contributed by atoms with E-state index in [1.54, 1.807) is 18.2 Å². The number of nitrogens with zero attached hydrogens (tertiary/aromatic N) is 3. The molecule has 0 radical (unpaired) electrons. The zero-order valence-corrected chi connectivity index (χ0v) is 16.4. The Morgan fingerprint density at radius 2 is 2.22 bits per heavy atom. The van der Waals surface area contributed by atoms with Crippen LogP contribution in [0.5, 0.6) is 0 Å². The summed E-state index contributed by atoms with van der Waals surface area (Å²) in [5.74, 6) is 1.02. The molecule has 142 valence electrons. The number of H-pyrrole nitrogens is 1. The van der Waals surface area contributed by atoms with Gasteiger partial charge >= 0.3 is 0 Å². The molecule has 2 aliphatic heterocycles. The molecule has 3 heterocycles. The van der Waals surface area contributed by atoms with E-state index in [0.29, 0.717) is 51.9 Å². The number of nitrogens with two attached hydrogens (primary N) is 1. The van der Waals surface area contributed by atoms with E-state index in [9.17, 15) is 4.79 Å². The van der Waals surface area contributed by atoms with Crippen LogP contribution >= 0.6 is 23.2 Å². The fraction of sp³-hybridized carbons (Fsp3) is 0.389. The average molecular weight is 407 g/mol. The van der Waals surface area contributed by atoms with Crippen molar-refractivity contribution in [2.24, 2.45) is 16.1 Å². The first kappa shape index (κ1) is 18.3. The molecular weight excluding hydrogens is 387 g/mol. The molecule has 27 heavy (non-hydrogen) atoms. The third-order valence-corrected chi connectivity index (χ3v) is 5.98. The maximum atomic E-state index is 12.7. The van der Waals surface area contributed by atoms with Gasteiger partial charge in [-0.3, -0.25) is 14.8 Å². The van der Waals surface area contributed by atoms with E-state index >= 15 is 0 Å². The number of aromatic amines is 1. The molecule has 1 atom stereocenters. The highest BCUT2D eigenvalue weighted by Gasteiger charge is 2.34. The minimum absolute atomic E-state index is 0.0458. The first-order valence-electron chi connectivity index (χ1n) is 8.74. The summed E-state index contributed by atoms with van der Waals surface area (Å²) < 4.78 is 0. The quantitative estimate of drug-likeness (QED) is 0.727. The van der Waals surface area contributed by atoms with Crippen LogP contribution in [0.15, 0.2) is 28.0 Å². The molecule has 0 saturated carbocycles. The predicted molar refractivity (Wildman–Crippen MR) is 109 cm³/mol. The van der Waals surface area contributed by atoms with Crippen LogP contribution in [0.1, 0.15) is 24.6 Å². The van der Waals surface area contributed by atoms with Crippen LogP contribution in [-0.2, 0) is 6.54 Å². The number of aromatic nitrogens is 2. The summed E-state index contributed by atoms with van der Waals surface area (Å²) in [6, 6.07) is 5.26. The van der Waals surface area contributed by atoms with Crippen molar-refractivity contribution in [2.45, 2.75) is 19.9 Å². The summed E-state index contributed by atoms with van der Waals surface area (Å²) in [6.07, 6.45) is 0.973. The van der Waals surface area contributed by atoms with E-state index in [4.69, 9.17) is 28.9 Å². The highest BCUT2D eigenvalue weighted by molar-refractivity contribution is 6.44. The van der Waals surface area contributed by atoms with Crippen molar-refractivity contribution in [1.82, 2.24) is 9.97 Å². The van der Waals surface area contributed by atoms with Crippen molar-refractivity contribution in [3.8, 4) is 0 Å². The second kappa shape index (κ2) is 6.82.